The monoisotopic (exact) mass is 377 g/mol. The Kier molecular flexibility index (Phi) is 4.88. The van der Waals surface area contributed by atoms with Crippen molar-refractivity contribution < 1.29 is 18.4 Å². The molecule has 0 N–H and O–H groups in total. The van der Waals surface area contributed by atoms with Gasteiger partial charge in [-0.3, -0.25) is 14.5 Å². The van der Waals surface area contributed by atoms with E-state index in [-0.39, 0.29) is 17.9 Å². The molecule has 3 aliphatic rings. The van der Waals surface area contributed by atoms with E-state index in [0.29, 0.717) is 31.7 Å². The second-order valence-corrected chi connectivity index (χ2v) is 7.86. The molecule has 3 saturated heterocycles. The summed E-state index contributed by atoms with van der Waals surface area (Å²) in [5, 5.41) is 0. The molecule has 27 heavy (non-hydrogen) atoms. The van der Waals surface area contributed by atoms with E-state index in [0.717, 1.165) is 19.3 Å². The summed E-state index contributed by atoms with van der Waals surface area (Å²) >= 11 is 0. The lowest BCUT2D eigenvalue weighted by atomic mass is 10.0. The summed E-state index contributed by atoms with van der Waals surface area (Å²) in [6.07, 6.45) is 2.56. The van der Waals surface area contributed by atoms with E-state index < -0.39 is 24.9 Å². The van der Waals surface area contributed by atoms with Gasteiger partial charge < -0.3 is 9.80 Å². The average molecular weight is 377 g/mol. The molecule has 1 aromatic carbocycles. The van der Waals surface area contributed by atoms with Gasteiger partial charge in [0.25, 0.3) is 11.8 Å². The largest absolute Gasteiger partial charge is 0.341 e. The number of piperidine rings is 1. The molecule has 0 spiro atoms. The molecule has 4 rings (SSSR count). The van der Waals surface area contributed by atoms with E-state index in [9.17, 15) is 18.4 Å². The van der Waals surface area contributed by atoms with Crippen LogP contribution in [0.2, 0.25) is 0 Å². The number of hydrogen-bond acceptors (Lipinski definition) is 3. The molecular weight excluding hydrogens is 352 g/mol. The highest BCUT2D eigenvalue weighted by atomic mass is 19.3. The molecule has 2 amide bonds. The third-order valence-electron chi connectivity index (χ3n) is 5.90. The highest BCUT2D eigenvalue weighted by Crippen LogP contribution is 2.36. The molecule has 3 heterocycles. The van der Waals surface area contributed by atoms with Crippen LogP contribution in [0.5, 0.6) is 0 Å². The lowest BCUT2D eigenvalue weighted by Crippen LogP contribution is -2.64. The van der Waals surface area contributed by atoms with Gasteiger partial charge in [-0.05, 0) is 31.4 Å². The van der Waals surface area contributed by atoms with Gasteiger partial charge in [0.2, 0.25) is 5.91 Å². The molecule has 5 nitrogen and oxygen atoms in total. The number of nitrogens with zero attached hydrogens (tertiary/aromatic N) is 3. The van der Waals surface area contributed by atoms with Crippen LogP contribution < -0.4 is 0 Å². The third kappa shape index (κ3) is 3.70. The van der Waals surface area contributed by atoms with Crippen LogP contribution in [0, 0.1) is 0 Å². The Morgan fingerprint density at radius 2 is 1.63 bits per heavy atom. The maximum atomic E-state index is 14.1. The van der Waals surface area contributed by atoms with Gasteiger partial charge in [0.1, 0.15) is 0 Å². The average Bonchev–Trinajstić information content (AvgIpc) is 2.96. The van der Waals surface area contributed by atoms with Crippen LogP contribution in [0.3, 0.4) is 0 Å². The predicted octanol–water partition coefficient (Wildman–Crippen LogP) is 2.23. The first-order valence-corrected chi connectivity index (χ1v) is 9.71. The van der Waals surface area contributed by atoms with Gasteiger partial charge >= 0.3 is 0 Å². The molecule has 3 aliphatic heterocycles. The Labute approximate surface area is 157 Å². The Hall–Kier alpha value is -2.02. The van der Waals surface area contributed by atoms with E-state index in [1.165, 1.54) is 0 Å². The number of alkyl halides is 2. The zero-order valence-electron chi connectivity index (χ0n) is 15.3. The first kappa shape index (κ1) is 18.3. The number of rotatable bonds is 3. The van der Waals surface area contributed by atoms with Crippen LogP contribution in [0.1, 0.15) is 36.0 Å². The zero-order valence-corrected chi connectivity index (χ0v) is 15.3. The predicted molar refractivity (Wildman–Crippen MR) is 96.6 cm³/mol. The number of hydrogen-bond donors (Lipinski definition) is 0. The Morgan fingerprint density at radius 1 is 0.963 bits per heavy atom. The molecule has 0 unspecified atom stereocenters. The Bertz CT molecular complexity index is 700. The number of benzene rings is 1. The van der Waals surface area contributed by atoms with E-state index >= 15 is 0 Å². The van der Waals surface area contributed by atoms with Crippen molar-refractivity contribution in [2.75, 3.05) is 32.7 Å². The summed E-state index contributed by atoms with van der Waals surface area (Å²) in [6, 6.07) is 8.02. The fourth-order valence-corrected chi connectivity index (χ4v) is 4.37. The number of amides is 2. The molecule has 1 aromatic rings. The van der Waals surface area contributed by atoms with Crippen LogP contribution in [0.25, 0.3) is 0 Å². The summed E-state index contributed by atoms with van der Waals surface area (Å²) in [6.45, 7) is 1.73. The second kappa shape index (κ2) is 7.19. The smallest absolute Gasteiger partial charge is 0.262 e. The van der Waals surface area contributed by atoms with Crippen molar-refractivity contribution in [2.24, 2.45) is 0 Å². The van der Waals surface area contributed by atoms with Crippen molar-refractivity contribution in [3.8, 4) is 0 Å². The van der Waals surface area contributed by atoms with Crippen LogP contribution in [0.4, 0.5) is 8.78 Å². The topological polar surface area (TPSA) is 43.9 Å². The Balaban J connectivity index is 1.41. The van der Waals surface area contributed by atoms with Gasteiger partial charge in [-0.15, -0.1) is 0 Å². The summed E-state index contributed by atoms with van der Waals surface area (Å²) < 4.78 is 28.2. The number of carbonyl (C=O) groups is 2. The quantitative estimate of drug-likeness (QED) is 0.812. The molecule has 0 aromatic heterocycles. The van der Waals surface area contributed by atoms with Crippen LogP contribution >= 0.6 is 0 Å². The fourth-order valence-electron chi connectivity index (χ4n) is 4.37. The fraction of sp³-hybridized carbons (Fsp3) is 0.600. The molecule has 0 bridgehead atoms. The lowest BCUT2D eigenvalue weighted by Gasteiger charge is -2.46. The molecular formula is C20H25F2N3O2. The second-order valence-electron chi connectivity index (χ2n) is 7.86. The standard InChI is InChI=1S/C20H25F2N3O2/c21-20(22)11-17(19(27)23-9-5-2-6-10-23)25(14-20)16-12-24(13-16)18(26)15-7-3-1-4-8-15/h1,3-4,7-8,16-17H,2,5-6,9-14H2/t17-/m0/s1. The maximum Gasteiger partial charge on any atom is 0.262 e. The molecule has 7 heteroatoms. The minimum atomic E-state index is -2.85. The van der Waals surface area contributed by atoms with Crippen molar-refractivity contribution in [3.05, 3.63) is 35.9 Å². The van der Waals surface area contributed by atoms with E-state index in [2.05, 4.69) is 0 Å². The summed E-state index contributed by atoms with van der Waals surface area (Å²) in [7, 11) is 0. The molecule has 1 atom stereocenters. The molecule has 3 fully saturated rings. The van der Waals surface area contributed by atoms with Gasteiger partial charge in [-0.2, -0.15) is 0 Å². The van der Waals surface area contributed by atoms with E-state index in [1.54, 1.807) is 39.0 Å². The van der Waals surface area contributed by atoms with Gasteiger partial charge in [0.15, 0.2) is 0 Å². The van der Waals surface area contributed by atoms with Gasteiger partial charge in [0, 0.05) is 44.2 Å². The minimum absolute atomic E-state index is 0.0864. The van der Waals surface area contributed by atoms with Crippen LogP contribution in [0.15, 0.2) is 30.3 Å². The van der Waals surface area contributed by atoms with Crippen molar-refractivity contribution in [2.45, 2.75) is 43.7 Å². The first-order valence-electron chi connectivity index (χ1n) is 9.71. The summed E-state index contributed by atoms with van der Waals surface area (Å²) in [4.78, 5) is 30.4. The molecule has 0 saturated carbocycles. The highest BCUT2D eigenvalue weighted by Gasteiger charge is 2.53. The van der Waals surface area contributed by atoms with Gasteiger partial charge in [-0.1, -0.05) is 18.2 Å². The van der Waals surface area contributed by atoms with E-state index in [4.69, 9.17) is 0 Å². The molecule has 146 valence electrons. The van der Waals surface area contributed by atoms with Crippen LogP contribution in [-0.4, -0.2) is 77.2 Å². The molecule has 0 radical (unpaired) electrons. The summed E-state index contributed by atoms with van der Waals surface area (Å²) in [5.74, 6) is -3.10. The minimum Gasteiger partial charge on any atom is -0.341 e. The van der Waals surface area contributed by atoms with Gasteiger partial charge in [-0.25, -0.2) is 8.78 Å². The Morgan fingerprint density at radius 3 is 2.30 bits per heavy atom. The third-order valence-corrected chi connectivity index (χ3v) is 5.90. The van der Waals surface area contributed by atoms with Crippen molar-refractivity contribution in [3.63, 3.8) is 0 Å². The molecule has 0 aliphatic carbocycles. The lowest BCUT2D eigenvalue weighted by molar-refractivity contribution is -0.138. The normalized spacial score (nSPS) is 26.1. The van der Waals surface area contributed by atoms with Crippen molar-refractivity contribution >= 4 is 11.8 Å². The van der Waals surface area contributed by atoms with Crippen molar-refractivity contribution in [1.29, 1.82) is 0 Å². The van der Waals surface area contributed by atoms with Crippen molar-refractivity contribution in [1.82, 2.24) is 14.7 Å². The maximum absolute atomic E-state index is 14.1. The number of carbonyl (C=O) groups excluding carboxylic acids is 2. The van der Waals surface area contributed by atoms with E-state index in [1.807, 2.05) is 6.07 Å². The number of likely N-dealkylation sites (tertiary alicyclic amines) is 3. The zero-order chi connectivity index (χ0) is 19.0. The summed E-state index contributed by atoms with van der Waals surface area (Å²) in [5.41, 5.74) is 0.601. The van der Waals surface area contributed by atoms with Gasteiger partial charge in [0.05, 0.1) is 12.6 Å². The SMILES string of the molecule is O=C(c1ccccc1)N1CC(N2CC(F)(F)C[C@H]2C(=O)N2CCCCC2)C1. The number of halogens is 2. The van der Waals surface area contributed by atoms with Crippen LogP contribution in [-0.2, 0) is 4.79 Å². The highest BCUT2D eigenvalue weighted by molar-refractivity contribution is 5.94. The first-order chi connectivity index (χ1) is 12.9.